The molecular weight excluding hydrogens is 272 g/mol. The molecule has 5 heteroatoms. The summed E-state index contributed by atoms with van der Waals surface area (Å²) in [5.74, 6) is 0.195. The molecule has 88 valence electrons. The second-order valence-corrected chi connectivity index (χ2v) is 5.13. The van der Waals surface area contributed by atoms with Gasteiger partial charge in [-0.05, 0) is 48.8 Å². The third-order valence-electron chi connectivity index (χ3n) is 1.69. The molecule has 1 heterocycles. The molecule has 0 aliphatic heterocycles. The normalized spacial score (nSPS) is 11.1. The van der Waals surface area contributed by atoms with Crippen molar-refractivity contribution in [2.24, 2.45) is 0 Å². The van der Waals surface area contributed by atoms with Crippen LogP contribution in [0.5, 0.6) is 0 Å². The van der Waals surface area contributed by atoms with E-state index in [0.717, 1.165) is 0 Å². The Kier molecular flexibility index (Phi) is 3.91. The van der Waals surface area contributed by atoms with Crippen molar-refractivity contribution >= 4 is 27.7 Å². The monoisotopic (exact) mass is 286 g/mol. The Balaban J connectivity index is 2.98. The van der Waals surface area contributed by atoms with Crippen molar-refractivity contribution in [3.63, 3.8) is 0 Å². The van der Waals surface area contributed by atoms with E-state index in [4.69, 9.17) is 4.74 Å². The van der Waals surface area contributed by atoms with E-state index >= 15 is 0 Å². The first kappa shape index (κ1) is 13.0. The minimum Gasteiger partial charge on any atom is -0.455 e. The Bertz CT molecular complexity index is 399. The van der Waals surface area contributed by atoms with Gasteiger partial charge in [0.15, 0.2) is 5.69 Å². The van der Waals surface area contributed by atoms with Crippen LogP contribution < -0.4 is 5.32 Å². The molecule has 0 atom stereocenters. The van der Waals surface area contributed by atoms with Crippen LogP contribution in [-0.4, -0.2) is 23.6 Å². The second-order valence-electron chi connectivity index (χ2n) is 4.28. The molecule has 0 aromatic carbocycles. The first-order valence-electron chi connectivity index (χ1n) is 4.91. The number of aromatic nitrogens is 1. The summed E-state index contributed by atoms with van der Waals surface area (Å²) in [5, 5.41) is 2.87. The van der Waals surface area contributed by atoms with E-state index in [1.165, 1.54) is 0 Å². The van der Waals surface area contributed by atoms with E-state index < -0.39 is 11.6 Å². The lowest BCUT2D eigenvalue weighted by molar-refractivity contribution is 0.00619. The molecule has 1 rings (SSSR count). The number of nitrogens with one attached hydrogen (secondary N) is 1. The van der Waals surface area contributed by atoms with Crippen LogP contribution in [0.25, 0.3) is 0 Å². The summed E-state index contributed by atoms with van der Waals surface area (Å²) in [6.07, 6.45) is 0. The molecule has 0 bridgehead atoms. The average Bonchev–Trinajstić information content (AvgIpc) is 2.15. The molecule has 0 aliphatic rings. The van der Waals surface area contributed by atoms with Gasteiger partial charge < -0.3 is 10.1 Å². The molecule has 0 saturated heterocycles. The summed E-state index contributed by atoms with van der Waals surface area (Å²) < 4.78 is 5.87. The molecule has 16 heavy (non-hydrogen) atoms. The van der Waals surface area contributed by atoms with Gasteiger partial charge in [-0.1, -0.05) is 0 Å². The molecular formula is C11H15BrN2O2. The first-order chi connectivity index (χ1) is 7.33. The summed E-state index contributed by atoms with van der Waals surface area (Å²) in [6, 6.07) is 3.54. The quantitative estimate of drug-likeness (QED) is 0.850. The number of hydrogen-bond acceptors (Lipinski definition) is 4. The summed E-state index contributed by atoms with van der Waals surface area (Å²) in [6.45, 7) is 5.46. The van der Waals surface area contributed by atoms with Gasteiger partial charge in [0.1, 0.15) is 11.4 Å². The molecule has 1 aromatic rings. The number of rotatable bonds is 2. The molecule has 4 nitrogen and oxygen atoms in total. The van der Waals surface area contributed by atoms with E-state index in [0.29, 0.717) is 10.3 Å². The van der Waals surface area contributed by atoms with Crippen LogP contribution in [-0.2, 0) is 4.74 Å². The molecule has 0 fully saturated rings. The number of carbonyl (C=O) groups is 1. The number of pyridine rings is 1. The third kappa shape index (κ3) is 3.48. The Morgan fingerprint density at radius 2 is 2.06 bits per heavy atom. The highest BCUT2D eigenvalue weighted by atomic mass is 79.9. The fourth-order valence-corrected chi connectivity index (χ4v) is 1.43. The minimum atomic E-state index is -0.520. The Morgan fingerprint density at radius 3 is 2.56 bits per heavy atom. The molecule has 0 saturated carbocycles. The Hall–Kier alpha value is -1.10. The van der Waals surface area contributed by atoms with Crippen molar-refractivity contribution in [1.29, 1.82) is 0 Å². The standard InChI is InChI=1S/C11H15BrN2O2/c1-11(2,3)16-10(15)9-7(12)5-6-8(13-4)14-9/h5-6H,1-4H3,(H,13,14). The molecule has 0 amide bonds. The zero-order valence-electron chi connectivity index (χ0n) is 9.80. The average molecular weight is 287 g/mol. The van der Waals surface area contributed by atoms with E-state index in [1.807, 2.05) is 20.8 Å². The highest BCUT2D eigenvalue weighted by molar-refractivity contribution is 9.10. The van der Waals surface area contributed by atoms with Crippen LogP contribution in [0, 0.1) is 0 Å². The zero-order chi connectivity index (χ0) is 12.3. The lowest BCUT2D eigenvalue weighted by Crippen LogP contribution is -2.24. The Morgan fingerprint density at radius 1 is 1.44 bits per heavy atom. The van der Waals surface area contributed by atoms with Crippen LogP contribution in [0.3, 0.4) is 0 Å². The largest absolute Gasteiger partial charge is 0.455 e. The SMILES string of the molecule is CNc1ccc(Br)c(C(=O)OC(C)(C)C)n1. The third-order valence-corrected chi connectivity index (χ3v) is 2.33. The first-order valence-corrected chi connectivity index (χ1v) is 5.70. The van der Waals surface area contributed by atoms with Gasteiger partial charge in [0.2, 0.25) is 0 Å². The smallest absolute Gasteiger partial charge is 0.358 e. The topological polar surface area (TPSA) is 51.2 Å². The van der Waals surface area contributed by atoms with Gasteiger partial charge in [-0.2, -0.15) is 0 Å². The lowest BCUT2D eigenvalue weighted by Gasteiger charge is -2.19. The fourth-order valence-electron chi connectivity index (χ4n) is 1.05. The van der Waals surface area contributed by atoms with E-state index in [9.17, 15) is 4.79 Å². The fraction of sp³-hybridized carbons (Fsp3) is 0.455. The maximum absolute atomic E-state index is 11.8. The number of nitrogens with zero attached hydrogens (tertiary/aromatic N) is 1. The predicted octanol–water partition coefficient (Wildman–Crippen LogP) is 2.84. The van der Waals surface area contributed by atoms with Crippen LogP contribution in [0.2, 0.25) is 0 Å². The van der Waals surface area contributed by atoms with Crippen molar-refractivity contribution in [2.45, 2.75) is 26.4 Å². The molecule has 0 aliphatic carbocycles. The van der Waals surface area contributed by atoms with Crippen LogP contribution in [0.4, 0.5) is 5.82 Å². The summed E-state index contributed by atoms with van der Waals surface area (Å²) in [7, 11) is 1.75. The van der Waals surface area contributed by atoms with Crippen molar-refractivity contribution in [2.75, 3.05) is 12.4 Å². The number of anilines is 1. The van der Waals surface area contributed by atoms with Gasteiger partial charge in [-0.15, -0.1) is 0 Å². The predicted molar refractivity (Wildman–Crippen MR) is 66.7 cm³/mol. The number of esters is 1. The van der Waals surface area contributed by atoms with Crippen molar-refractivity contribution in [3.8, 4) is 0 Å². The number of halogens is 1. The maximum atomic E-state index is 11.8. The van der Waals surface area contributed by atoms with Gasteiger partial charge in [0, 0.05) is 7.05 Å². The highest BCUT2D eigenvalue weighted by Crippen LogP contribution is 2.20. The minimum absolute atomic E-state index is 0.279. The molecule has 1 aromatic heterocycles. The van der Waals surface area contributed by atoms with Crippen molar-refractivity contribution < 1.29 is 9.53 Å². The summed E-state index contributed by atoms with van der Waals surface area (Å²) in [4.78, 5) is 15.9. The maximum Gasteiger partial charge on any atom is 0.358 e. The number of carbonyl (C=O) groups excluding carboxylic acids is 1. The molecule has 0 radical (unpaired) electrons. The van der Waals surface area contributed by atoms with Crippen LogP contribution in [0.15, 0.2) is 16.6 Å². The van der Waals surface area contributed by atoms with Crippen LogP contribution >= 0.6 is 15.9 Å². The number of ether oxygens (including phenoxy) is 1. The molecule has 0 spiro atoms. The van der Waals surface area contributed by atoms with Crippen LogP contribution in [0.1, 0.15) is 31.3 Å². The van der Waals surface area contributed by atoms with Gasteiger partial charge >= 0.3 is 5.97 Å². The van der Waals surface area contributed by atoms with E-state index in [-0.39, 0.29) is 5.69 Å². The molecule has 0 unspecified atom stereocenters. The Labute approximate surface area is 104 Å². The van der Waals surface area contributed by atoms with Gasteiger partial charge in [0.05, 0.1) is 4.47 Å². The molecule has 1 N–H and O–H groups in total. The van der Waals surface area contributed by atoms with Gasteiger partial charge in [0.25, 0.3) is 0 Å². The van der Waals surface area contributed by atoms with E-state index in [2.05, 4.69) is 26.2 Å². The highest BCUT2D eigenvalue weighted by Gasteiger charge is 2.21. The lowest BCUT2D eigenvalue weighted by atomic mass is 10.2. The second kappa shape index (κ2) is 4.82. The number of hydrogen-bond donors (Lipinski definition) is 1. The zero-order valence-corrected chi connectivity index (χ0v) is 11.4. The van der Waals surface area contributed by atoms with Gasteiger partial charge in [-0.25, -0.2) is 9.78 Å². The van der Waals surface area contributed by atoms with Crippen molar-refractivity contribution in [1.82, 2.24) is 4.98 Å². The summed E-state index contributed by atoms with van der Waals surface area (Å²) >= 11 is 3.28. The van der Waals surface area contributed by atoms with Gasteiger partial charge in [-0.3, -0.25) is 0 Å². The van der Waals surface area contributed by atoms with Crippen molar-refractivity contribution in [3.05, 3.63) is 22.3 Å². The summed E-state index contributed by atoms with van der Waals surface area (Å²) in [5.41, 5.74) is -0.241. The van der Waals surface area contributed by atoms with E-state index in [1.54, 1.807) is 19.2 Å².